The van der Waals surface area contributed by atoms with Crippen molar-refractivity contribution in [2.75, 3.05) is 25.2 Å². The molecule has 118 valence electrons. The predicted molar refractivity (Wildman–Crippen MR) is 80.9 cm³/mol. The highest BCUT2D eigenvalue weighted by Crippen LogP contribution is 2.36. The molecule has 1 amide bonds. The van der Waals surface area contributed by atoms with Gasteiger partial charge in [-0.15, -0.1) is 0 Å². The summed E-state index contributed by atoms with van der Waals surface area (Å²) in [6.45, 7) is 2.46. The van der Waals surface area contributed by atoms with Crippen molar-refractivity contribution in [3.63, 3.8) is 0 Å². The van der Waals surface area contributed by atoms with E-state index in [0.717, 1.165) is 12.5 Å². The van der Waals surface area contributed by atoms with E-state index < -0.39 is 17.6 Å². The van der Waals surface area contributed by atoms with Crippen LogP contribution in [0.1, 0.15) is 29.3 Å². The van der Waals surface area contributed by atoms with Gasteiger partial charge >= 0.3 is 6.18 Å². The smallest absolute Gasteiger partial charge is 0.387 e. The zero-order valence-corrected chi connectivity index (χ0v) is 13.0. The van der Waals surface area contributed by atoms with Crippen LogP contribution in [0.2, 0.25) is 0 Å². The van der Waals surface area contributed by atoms with Crippen molar-refractivity contribution in [3.05, 3.63) is 29.3 Å². The second-order valence-corrected chi connectivity index (χ2v) is 5.84. The standard InChI is InChI=1S/C14H19F3N2OS/c1-9(21-3)7-8-19-13(20)10-5-4-6-11(12(10)18-2)14(15,16)17/h4-6,9,18H,7-8H2,1-3H3,(H,19,20). The number of nitrogens with one attached hydrogen (secondary N) is 2. The number of hydrogen-bond acceptors (Lipinski definition) is 3. The third-order valence-corrected chi connectivity index (χ3v) is 4.14. The number of carbonyl (C=O) groups excluding carboxylic acids is 1. The largest absolute Gasteiger partial charge is 0.418 e. The zero-order valence-electron chi connectivity index (χ0n) is 12.2. The van der Waals surface area contributed by atoms with Gasteiger partial charge in [-0.2, -0.15) is 24.9 Å². The van der Waals surface area contributed by atoms with Gasteiger partial charge in [-0.05, 0) is 24.8 Å². The Hall–Kier alpha value is -1.37. The molecule has 0 heterocycles. The Kier molecular flexibility index (Phi) is 6.39. The number of carbonyl (C=O) groups is 1. The molecule has 1 unspecified atom stereocenters. The van der Waals surface area contributed by atoms with Crippen molar-refractivity contribution >= 4 is 23.4 Å². The van der Waals surface area contributed by atoms with E-state index in [1.807, 2.05) is 13.2 Å². The molecule has 1 atom stereocenters. The first-order chi connectivity index (χ1) is 9.81. The number of thioether (sulfide) groups is 1. The minimum Gasteiger partial charge on any atom is -0.387 e. The van der Waals surface area contributed by atoms with Crippen LogP contribution in [0.3, 0.4) is 0 Å². The van der Waals surface area contributed by atoms with E-state index in [9.17, 15) is 18.0 Å². The Morgan fingerprint density at radius 1 is 1.38 bits per heavy atom. The van der Waals surface area contributed by atoms with Gasteiger partial charge in [0.05, 0.1) is 16.8 Å². The summed E-state index contributed by atoms with van der Waals surface area (Å²) >= 11 is 1.67. The van der Waals surface area contributed by atoms with Gasteiger partial charge in [0.2, 0.25) is 0 Å². The summed E-state index contributed by atoms with van der Waals surface area (Å²) in [5, 5.41) is 5.52. The molecule has 2 N–H and O–H groups in total. The molecule has 0 aliphatic carbocycles. The van der Waals surface area contributed by atoms with Gasteiger partial charge in [0.25, 0.3) is 5.91 Å². The molecule has 7 heteroatoms. The van der Waals surface area contributed by atoms with Crippen molar-refractivity contribution in [1.82, 2.24) is 5.32 Å². The Morgan fingerprint density at radius 2 is 2.05 bits per heavy atom. The van der Waals surface area contributed by atoms with Gasteiger partial charge in [-0.3, -0.25) is 4.79 Å². The lowest BCUT2D eigenvalue weighted by Gasteiger charge is -2.16. The molecule has 0 radical (unpaired) electrons. The number of anilines is 1. The third kappa shape index (κ3) is 4.84. The van der Waals surface area contributed by atoms with Crippen LogP contribution in [0.5, 0.6) is 0 Å². The highest BCUT2D eigenvalue weighted by Gasteiger charge is 2.34. The van der Waals surface area contributed by atoms with E-state index in [4.69, 9.17) is 0 Å². The van der Waals surface area contributed by atoms with Gasteiger partial charge in [0.1, 0.15) is 0 Å². The molecule has 21 heavy (non-hydrogen) atoms. The summed E-state index contributed by atoms with van der Waals surface area (Å²) in [5.74, 6) is -0.501. The first-order valence-electron chi connectivity index (χ1n) is 6.50. The minimum atomic E-state index is -4.50. The van der Waals surface area contributed by atoms with E-state index in [0.29, 0.717) is 11.8 Å². The van der Waals surface area contributed by atoms with Gasteiger partial charge < -0.3 is 10.6 Å². The topological polar surface area (TPSA) is 41.1 Å². The molecule has 1 aromatic rings. The van der Waals surface area contributed by atoms with Crippen LogP contribution in [-0.2, 0) is 6.18 Å². The predicted octanol–water partition coefficient (Wildman–Crippen LogP) is 3.62. The lowest BCUT2D eigenvalue weighted by molar-refractivity contribution is -0.136. The summed E-state index contributed by atoms with van der Waals surface area (Å²) in [5.41, 5.74) is -1.03. The maximum absolute atomic E-state index is 12.9. The Balaban J connectivity index is 2.90. The van der Waals surface area contributed by atoms with Crippen LogP contribution in [-0.4, -0.2) is 31.0 Å². The molecule has 0 fully saturated rings. The molecule has 1 aromatic carbocycles. The monoisotopic (exact) mass is 320 g/mol. The molecular formula is C14H19F3N2OS. The Labute approximate surface area is 126 Å². The van der Waals surface area contributed by atoms with Crippen molar-refractivity contribution in [2.24, 2.45) is 0 Å². The quantitative estimate of drug-likeness (QED) is 0.841. The van der Waals surface area contributed by atoms with Crippen LogP contribution in [0.25, 0.3) is 0 Å². The highest BCUT2D eigenvalue weighted by atomic mass is 32.2. The normalized spacial score (nSPS) is 12.9. The molecule has 0 saturated carbocycles. The average Bonchev–Trinajstić information content (AvgIpc) is 2.44. The van der Waals surface area contributed by atoms with E-state index in [-0.39, 0.29) is 11.3 Å². The van der Waals surface area contributed by atoms with Gasteiger partial charge in [0, 0.05) is 18.8 Å². The van der Waals surface area contributed by atoms with Crippen molar-refractivity contribution < 1.29 is 18.0 Å². The summed E-state index contributed by atoms with van der Waals surface area (Å²) in [6, 6.07) is 3.58. The number of amides is 1. The van der Waals surface area contributed by atoms with Gasteiger partial charge in [-0.25, -0.2) is 0 Å². The summed E-state index contributed by atoms with van der Waals surface area (Å²) in [7, 11) is 1.37. The summed E-state index contributed by atoms with van der Waals surface area (Å²) < 4.78 is 38.7. The summed E-state index contributed by atoms with van der Waals surface area (Å²) in [4.78, 5) is 12.0. The average molecular weight is 320 g/mol. The first-order valence-corrected chi connectivity index (χ1v) is 7.79. The second-order valence-electron chi connectivity index (χ2n) is 4.57. The molecule has 0 spiro atoms. The number of benzene rings is 1. The fourth-order valence-corrected chi connectivity index (χ4v) is 2.20. The Bertz CT molecular complexity index is 492. The fourth-order valence-electron chi connectivity index (χ4n) is 1.85. The highest BCUT2D eigenvalue weighted by molar-refractivity contribution is 7.99. The molecule has 0 aliphatic rings. The van der Waals surface area contributed by atoms with Crippen LogP contribution in [0, 0.1) is 0 Å². The zero-order chi connectivity index (χ0) is 16.0. The second kappa shape index (κ2) is 7.59. The summed E-state index contributed by atoms with van der Waals surface area (Å²) in [6.07, 6.45) is -1.76. The Morgan fingerprint density at radius 3 is 2.57 bits per heavy atom. The van der Waals surface area contributed by atoms with Gasteiger partial charge in [-0.1, -0.05) is 13.0 Å². The molecule has 0 aromatic heterocycles. The van der Waals surface area contributed by atoms with E-state index >= 15 is 0 Å². The van der Waals surface area contributed by atoms with Crippen LogP contribution < -0.4 is 10.6 Å². The molecule has 1 rings (SSSR count). The van der Waals surface area contributed by atoms with E-state index in [2.05, 4.69) is 10.6 Å². The number of para-hydroxylation sites is 1. The number of alkyl halides is 3. The van der Waals surface area contributed by atoms with Crippen molar-refractivity contribution in [1.29, 1.82) is 0 Å². The fraction of sp³-hybridized carbons (Fsp3) is 0.500. The first kappa shape index (κ1) is 17.7. The number of halogens is 3. The van der Waals surface area contributed by atoms with Gasteiger partial charge in [0.15, 0.2) is 0 Å². The molecule has 0 bridgehead atoms. The SMILES string of the molecule is CNc1c(C(=O)NCCC(C)SC)cccc1C(F)(F)F. The van der Waals surface area contributed by atoms with Crippen LogP contribution >= 0.6 is 11.8 Å². The van der Waals surface area contributed by atoms with E-state index in [1.165, 1.54) is 19.2 Å². The third-order valence-electron chi connectivity index (χ3n) is 3.10. The van der Waals surface area contributed by atoms with Crippen LogP contribution in [0.15, 0.2) is 18.2 Å². The molecule has 0 aliphatic heterocycles. The van der Waals surface area contributed by atoms with Crippen molar-refractivity contribution in [2.45, 2.75) is 24.8 Å². The molecular weight excluding hydrogens is 301 g/mol. The lowest BCUT2D eigenvalue weighted by Crippen LogP contribution is -2.27. The van der Waals surface area contributed by atoms with E-state index in [1.54, 1.807) is 11.8 Å². The number of hydrogen-bond donors (Lipinski definition) is 2. The maximum Gasteiger partial charge on any atom is 0.418 e. The van der Waals surface area contributed by atoms with Crippen molar-refractivity contribution in [3.8, 4) is 0 Å². The molecule has 3 nitrogen and oxygen atoms in total. The number of rotatable bonds is 6. The molecule has 0 saturated heterocycles. The lowest BCUT2D eigenvalue weighted by atomic mass is 10.1. The van der Waals surface area contributed by atoms with Crippen LogP contribution in [0.4, 0.5) is 18.9 Å². The minimum absolute atomic E-state index is 0.00382. The maximum atomic E-state index is 12.9.